The van der Waals surface area contributed by atoms with Gasteiger partial charge in [-0.25, -0.2) is 4.39 Å². The van der Waals surface area contributed by atoms with Crippen molar-refractivity contribution in [3.63, 3.8) is 0 Å². The van der Waals surface area contributed by atoms with Crippen molar-refractivity contribution in [2.75, 3.05) is 13.2 Å². The Morgan fingerprint density at radius 2 is 2.12 bits per heavy atom. The molecule has 0 radical (unpaired) electrons. The highest BCUT2D eigenvalue weighted by molar-refractivity contribution is 5.15. The summed E-state index contributed by atoms with van der Waals surface area (Å²) in [5, 5.41) is 0. The van der Waals surface area contributed by atoms with Gasteiger partial charge in [0.2, 0.25) is 0 Å². The average Bonchev–Trinajstić information content (AvgIpc) is 2.87. The van der Waals surface area contributed by atoms with Crippen LogP contribution in [0.2, 0.25) is 0 Å². The Kier molecular flexibility index (Phi) is 2.65. The van der Waals surface area contributed by atoms with E-state index in [1.807, 2.05) is 18.2 Å². The van der Waals surface area contributed by atoms with Crippen molar-refractivity contribution >= 4 is 0 Å². The second kappa shape index (κ2) is 4.15. The van der Waals surface area contributed by atoms with Crippen LogP contribution in [0.15, 0.2) is 30.3 Å². The van der Waals surface area contributed by atoms with Crippen molar-refractivity contribution in [1.82, 2.24) is 4.90 Å². The summed E-state index contributed by atoms with van der Waals surface area (Å²) < 4.78 is 19.1. The number of hydrogen-bond donors (Lipinski definition) is 0. The van der Waals surface area contributed by atoms with Crippen LogP contribution in [0.4, 0.5) is 4.39 Å². The number of fused-ring (bicyclic) bond motifs is 1. The maximum Gasteiger partial charge on any atom is 0.140 e. The molecule has 2 nitrogen and oxygen atoms in total. The first-order valence-electron chi connectivity index (χ1n) is 5.88. The van der Waals surface area contributed by atoms with Crippen LogP contribution >= 0.6 is 0 Å². The van der Waals surface area contributed by atoms with Gasteiger partial charge in [-0.2, -0.15) is 0 Å². The van der Waals surface area contributed by atoms with Crippen LogP contribution in [0.5, 0.6) is 0 Å². The lowest BCUT2D eigenvalue weighted by Crippen LogP contribution is -2.31. The third-order valence-electron chi connectivity index (χ3n) is 3.57. The Hall–Kier alpha value is -0.930. The number of halogens is 1. The van der Waals surface area contributed by atoms with Gasteiger partial charge < -0.3 is 4.74 Å². The summed E-state index contributed by atoms with van der Waals surface area (Å²) in [5.41, 5.74) is 1.25. The molecule has 1 aromatic rings. The van der Waals surface area contributed by atoms with Crippen LogP contribution in [0.3, 0.4) is 0 Å². The summed E-state index contributed by atoms with van der Waals surface area (Å²) in [4.78, 5) is 2.22. The predicted octanol–water partition coefficient (Wildman–Crippen LogP) is 2.00. The number of hydrogen-bond acceptors (Lipinski definition) is 2. The Morgan fingerprint density at radius 3 is 2.94 bits per heavy atom. The van der Waals surface area contributed by atoms with Crippen molar-refractivity contribution in [2.24, 2.45) is 0 Å². The Labute approximate surface area is 95.0 Å². The summed E-state index contributed by atoms with van der Waals surface area (Å²) in [6, 6.07) is 10.5. The van der Waals surface area contributed by atoms with E-state index in [0.29, 0.717) is 13.2 Å². The summed E-state index contributed by atoms with van der Waals surface area (Å²) in [5.74, 6) is 0. The molecule has 3 heteroatoms. The van der Waals surface area contributed by atoms with E-state index in [1.165, 1.54) is 5.56 Å². The van der Waals surface area contributed by atoms with E-state index in [1.54, 1.807) is 0 Å². The topological polar surface area (TPSA) is 12.5 Å². The normalized spacial score (nSPS) is 34.2. The fourth-order valence-corrected chi connectivity index (χ4v) is 2.80. The van der Waals surface area contributed by atoms with E-state index in [4.69, 9.17) is 4.74 Å². The highest BCUT2D eigenvalue weighted by atomic mass is 19.1. The standard InChI is InChI=1S/C13H16FNO/c14-11-9-15(12-6-7-16-13(11)12)8-10-4-2-1-3-5-10/h1-5,11-13H,6-9H2. The first kappa shape index (κ1) is 10.2. The molecule has 0 saturated carbocycles. The van der Waals surface area contributed by atoms with E-state index in [9.17, 15) is 4.39 Å². The minimum Gasteiger partial charge on any atom is -0.373 e. The quantitative estimate of drug-likeness (QED) is 0.757. The van der Waals surface area contributed by atoms with Gasteiger partial charge in [0.25, 0.3) is 0 Å². The number of rotatable bonds is 2. The number of likely N-dealkylation sites (tertiary alicyclic amines) is 1. The molecule has 0 spiro atoms. The SMILES string of the molecule is FC1CN(Cc2ccccc2)C2CCOC12. The number of nitrogens with zero attached hydrogens (tertiary/aromatic N) is 1. The van der Waals surface area contributed by atoms with Crippen LogP contribution in [0.25, 0.3) is 0 Å². The molecule has 0 aliphatic carbocycles. The van der Waals surface area contributed by atoms with Gasteiger partial charge in [0.1, 0.15) is 12.3 Å². The maximum absolute atomic E-state index is 13.7. The molecule has 2 aliphatic rings. The van der Waals surface area contributed by atoms with Crippen molar-refractivity contribution in [3.8, 4) is 0 Å². The first-order chi connectivity index (χ1) is 7.84. The third-order valence-corrected chi connectivity index (χ3v) is 3.57. The van der Waals surface area contributed by atoms with Gasteiger partial charge in [0.05, 0.1) is 0 Å². The van der Waals surface area contributed by atoms with Gasteiger partial charge in [0, 0.05) is 25.7 Å². The second-order valence-electron chi connectivity index (χ2n) is 4.62. The average molecular weight is 221 g/mol. The zero-order chi connectivity index (χ0) is 11.0. The van der Waals surface area contributed by atoms with E-state index < -0.39 is 6.17 Å². The lowest BCUT2D eigenvalue weighted by molar-refractivity contribution is 0.0590. The van der Waals surface area contributed by atoms with Crippen LogP contribution < -0.4 is 0 Å². The summed E-state index contributed by atoms with van der Waals surface area (Å²) in [6.07, 6.45) is -0.0160. The molecule has 3 atom stereocenters. The van der Waals surface area contributed by atoms with E-state index in [2.05, 4.69) is 17.0 Å². The fourth-order valence-electron chi connectivity index (χ4n) is 2.80. The van der Waals surface area contributed by atoms with Gasteiger partial charge >= 0.3 is 0 Å². The Bertz CT molecular complexity index is 356. The van der Waals surface area contributed by atoms with E-state index in [0.717, 1.165) is 13.0 Å². The predicted molar refractivity (Wildman–Crippen MR) is 59.9 cm³/mol. The molecule has 3 unspecified atom stereocenters. The van der Waals surface area contributed by atoms with Crippen molar-refractivity contribution in [1.29, 1.82) is 0 Å². The van der Waals surface area contributed by atoms with E-state index >= 15 is 0 Å². The number of ether oxygens (including phenoxy) is 1. The largest absolute Gasteiger partial charge is 0.373 e. The van der Waals surface area contributed by atoms with Gasteiger partial charge in [-0.3, -0.25) is 4.90 Å². The first-order valence-corrected chi connectivity index (χ1v) is 5.88. The third kappa shape index (κ3) is 1.74. The molecule has 1 aromatic carbocycles. The smallest absolute Gasteiger partial charge is 0.140 e. The molecule has 2 fully saturated rings. The summed E-state index contributed by atoms with van der Waals surface area (Å²) in [6.45, 7) is 2.07. The fraction of sp³-hybridized carbons (Fsp3) is 0.538. The molecule has 16 heavy (non-hydrogen) atoms. The molecular formula is C13H16FNO. The minimum atomic E-state index is -0.809. The van der Waals surface area contributed by atoms with Crippen LogP contribution in [0, 0.1) is 0 Å². The lowest BCUT2D eigenvalue weighted by Gasteiger charge is -2.21. The van der Waals surface area contributed by atoms with Gasteiger partial charge in [-0.05, 0) is 12.0 Å². The second-order valence-corrected chi connectivity index (χ2v) is 4.62. The molecule has 2 heterocycles. The molecule has 3 rings (SSSR count). The maximum atomic E-state index is 13.7. The molecule has 0 bridgehead atoms. The molecule has 2 saturated heterocycles. The van der Waals surface area contributed by atoms with Gasteiger partial charge in [-0.1, -0.05) is 30.3 Å². The molecule has 0 amide bonds. The van der Waals surface area contributed by atoms with Crippen molar-refractivity contribution < 1.29 is 9.13 Å². The molecular weight excluding hydrogens is 205 g/mol. The molecule has 0 N–H and O–H groups in total. The Morgan fingerprint density at radius 1 is 1.31 bits per heavy atom. The molecule has 86 valence electrons. The van der Waals surface area contributed by atoms with Crippen LogP contribution in [0.1, 0.15) is 12.0 Å². The van der Waals surface area contributed by atoms with Crippen LogP contribution in [-0.2, 0) is 11.3 Å². The van der Waals surface area contributed by atoms with Crippen molar-refractivity contribution in [3.05, 3.63) is 35.9 Å². The lowest BCUT2D eigenvalue weighted by atomic mass is 10.1. The van der Waals surface area contributed by atoms with Gasteiger partial charge in [-0.15, -0.1) is 0 Å². The van der Waals surface area contributed by atoms with Crippen LogP contribution in [-0.4, -0.2) is 36.4 Å². The van der Waals surface area contributed by atoms with E-state index in [-0.39, 0.29) is 12.1 Å². The Balaban J connectivity index is 1.72. The summed E-state index contributed by atoms with van der Waals surface area (Å²) in [7, 11) is 0. The van der Waals surface area contributed by atoms with Gasteiger partial charge in [0.15, 0.2) is 0 Å². The minimum absolute atomic E-state index is 0.177. The highest BCUT2D eigenvalue weighted by Gasteiger charge is 2.45. The zero-order valence-electron chi connectivity index (χ0n) is 9.18. The highest BCUT2D eigenvalue weighted by Crippen LogP contribution is 2.32. The summed E-state index contributed by atoms with van der Waals surface area (Å²) >= 11 is 0. The number of benzene rings is 1. The number of alkyl halides is 1. The zero-order valence-corrected chi connectivity index (χ0v) is 9.18. The molecule has 0 aromatic heterocycles. The van der Waals surface area contributed by atoms with Crippen molar-refractivity contribution in [2.45, 2.75) is 31.3 Å². The molecule has 2 aliphatic heterocycles. The monoisotopic (exact) mass is 221 g/mol.